The molecule has 0 aliphatic heterocycles. The van der Waals surface area contributed by atoms with Gasteiger partial charge in [-0.3, -0.25) is 10.1 Å². The van der Waals surface area contributed by atoms with E-state index in [-0.39, 0.29) is 11.2 Å². The van der Waals surface area contributed by atoms with E-state index in [1.54, 1.807) is 13.8 Å². The van der Waals surface area contributed by atoms with Gasteiger partial charge in [0.2, 0.25) is 5.91 Å². The van der Waals surface area contributed by atoms with E-state index < -0.39 is 6.03 Å². The van der Waals surface area contributed by atoms with E-state index in [4.69, 9.17) is 0 Å². The van der Waals surface area contributed by atoms with Gasteiger partial charge in [0, 0.05) is 11.4 Å². The van der Waals surface area contributed by atoms with Crippen molar-refractivity contribution < 1.29 is 9.59 Å². The fourth-order valence-corrected chi connectivity index (χ4v) is 2.16. The zero-order valence-corrected chi connectivity index (χ0v) is 11.6. The maximum absolute atomic E-state index is 11.7. The SMILES string of the molecule is CCNC(=O)NC(=O)C(C)Sc1ccc(C)cc1. The van der Waals surface area contributed by atoms with Gasteiger partial charge in [-0.1, -0.05) is 17.7 Å². The Kier molecular flexibility index (Phi) is 5.71. The van der Waals surface area contributed by atoms with Crippen molar-refractivity contribution in [1.82, 2.24) is 10.6 Å². The average Bonchev–Trinajstić information content (AvgIpc) is 2.32. The molecule has 1 aromatic rings. The summed E-state index contributed by atoms with van der Waals surface area (Å²) in [5.41, 5.74) is 1.18. The molecule has 4 nitrogen and oxygen atoms in total. The Hall–Kier alpha value is -1.49. The van der Waals surface area contributed by atoms with Crippen LogP contribution in [0.1, 0.15) is 19.4 Å². The van der Waals surface area contributed by atoms with E-state index in [1.807, 2.05) is 31.2 Å². The van der Waals surface area contributed by atoms with E-state index in [0.29, 0.717) is 6.54 Å². The number of carbonyl (C=O) groups excluding carboxylic acids is 2. The molecule has 0 aliphatic carbocycles. The van der Waals surface area contributed by atoms with Crippen LogP contribution in [0.4, 0.5) is 4.79 Å². The molecule has 0 heterocycles. The predicted octanol–water partition coefficient (Wildman–Crippen LogP) is 2.32. The largest absolute Gasteiger partial charge is 0.338 e. The molecule has 3 amide bonds. The van der Waals surface area contributed by atoms with Crippen molar-refractivity contribution in [2.24, 2.45) is 0 Å². The lowest BCUT2D eigenvalue weighted by Gasteiger charge is -2.11. The summed E-state index contributed by atoms with van der Waals surface area (Å²) >= 11 is 1.43. The summed E-state index contributed by atoms with van der Waals surface area (Å²) in [6, 6.07) is 7.48. The van der Waals surface area contributed by atoms with Gasteiger partial charge < -0.3 is 5.32 Å². The van der Waals surface area contributed by atoms with E-state index >= 15 is 0 Å². The minimum Gasteiger partial charge on any atom is -0.338 e. The van der Waals surface area contributed by atoms with Crippen LogP contribution in [0.5, 0.6) is 0 Å². The standard InChI is InChI=1S/C13H18N2O2S/c1-4-14-13(17)15-12(16)10(3)18-11-7-5-9(2)6-8-11/h5-8,10H,4H2,1-3H3,(H2,14,15,16,17). The molecule has 0 bridgehead atoms. The van der Waals surface area contributed by atoms with Gasteiger partial charge in [0.15, 0.2) is 0 Å². The molecule has 18 heavy (non-hydrogen) atoms. The molecule has 0 radical (unpaired) electrons. The minimum atomic E-state index is -0.446. The van der Waals surface area contributed by atoms with Crippen LogP contribution in [0.2, 0.25) is 0 Å². The van der Waals surface area contributed by atoms with Crippen LogP contribution < -0.4 is 10.6 Å². The maximum atomic E-state index is 11.7. The number of aryl methyl sites for hydroxylation is 1. The first-order valence-electron chi connectivity index (χ1n) is 5.85. The van der Waals surface area contributed by atoms with Crippen LogP contribution in [0.15, 0.2) is 29.2 Å². The number of urea groups is 1. The normalized spacial score (nSPS) is 11.7. The van der Waals surface area contributed by atoms with Crippen molar-refractivity contribution in [3.05, 3.63) is 29.8 Å². The second kappa shape index (κ2) is 7.06. The summed E-state index contributed by atoms with van der Waals surface area (Å²) in [4.78, 5) is 23.9. The molecular formula is C13H18N2O2S. The highest BCUT2D eigenvalue weighted by Crippen LogP contribution is 2.23. The first kappa shape index (κ1) is 14.6. The van der Waals surface area contributed by atoms with Crippen LogP contribution in [0.25, 0.3) is 0 Å². The topological polar surface area (TPSA) is 58.2 Å². The smallest absolute Gasteiger partial charge is 0.321 e. The lowest BCUT2D eigenvalue weighted by molar-refractivity contribution is -0.119. The van der Waals surface area contributed by atoms with Gasteiger partial charge in [0.25, 0.3) is 0 Å². The predicted molar refractivity (Wildman–Crippen MR) is 73.7 cm³/mol. The van der Waals surface area contributed by atoms with Gasteiger partial charge in [-0.25, -0.2) is 4.79 Å². The third-order valence-electron chi connectivity index (χ3n) is 2.28. The molecule has 98 valence electrons. The number of thioether (sulfide) groups is 1. The first-order valence-corrected chi connectivity index (χ1v) is 6.73. The van der Waals surface area contributed by atoms with Crippen molar-refractivity contribution in [2.75, 3.05) is 6.54 Å². The molecule has 5 heteroatoms. The number of nitrogens with one attached hydrogen (secondary N) is 2. The summed E-state index contributed by atoms with van der Waals surface area (Å²) in [6.45, 7) is 6.09. The number of rotatable bonds is 4. The summed E-state index contributed by atoms with van der Waals surface area (Å²) in [5, 5.41) is 4.52. The Labute approximate surface area is 112 Å². The molecule has 0 aliphatic rings. The van der Waals surface area contributed by atoms with Gasteiger partial charge in [0.05, 0.1) is 5.25 Å². The Balaban J connectivity index is 2.49. The minimum absolute atomic E-state index is 0.286. The van der Waals surface area contributed by atoms with E-state index in [2.05, 4.69) is 10.6 Å². The van der Waals surface area contributed by atoms with Crippen molar-refractivity contribution in [3.63, 3.8) is 0 Å². The molecule has 0 saturated heterocycles. The molecule has 0 fully saturated rings. The van der Waals surface area contributed by atoms with E-state index in [1.165, 1.54) is 17.3 Å². The third-order valence-corrected chi connectivity index (χ3v) is 3.39. The van der Waals surface area contributed by atoms with Crippen LogP contribution in [-0.2, 0) is 4.79 Å². The van der Waals surface area contributed by atoms with Crippen molar-refractivity contribution in [3.8, 4) is 0 Å². The van der Waals surface area contributed by atoms with Crippen LogP contribution in [-0.4, -0.2) is 23.7 Å². The van der Waals surface area contributed by atoms with Gasteiger partial charge in [-0.2, -0.15) is 0 Å². The van der Waals surface area contributed by atoms with Crippen LogP contribution in [0, 0.1) is 6.92 Å². The zero-order valence-electron chi connectivity index (χ0n) is 10.8. The molecule has 1 unspecified atom stereocenters. The molecule has 1 aromatic carbocycles. The number of hydrogen-bond acceptors (Lipinski definition) is 3. The first-order chi connectivity index (χ1) is 8.52. The fraction of sp³-hybridized carbons (Fsp3) is 0.385. The molecule has 1 rings (SSSR count). The number of amides is 3. The number of benzene rings is 1. The summed E-state index contributed by atoms with van der Waals surface area (Å²) in [7, 11) is 0. The highest BCUT2D eigenvalue weighted by molar-refractivity contribution is 8.00. The van der Waals surface area contributed by atoms with Gasteiger partial charge in [-0.15, -0.1) is 11.8 Å². The monoisotopic (exact) mass is 266 g/mol. The summed E-state index contributed by atoms with van der Waals surface area (Å²) in [6.07, 6.45) is 0. The second-order valence-electron chi connectivity index (χ2n) is 3.92. The van der Waals surface area contributed by atoms with E-state index in [0.717, 1.165) is 4.90 Å². The lowest BCUT2D eigenvalue weighted by Crippen LogP contribution is -2.42. The van der Waals surface area contributed by atoms with E-state index in [9.17, 15) is 9.59 Å². The Morgan fingerprint density at radius 3 is 2.44 bits per heavy atom. The molecular weight excluding hydrogens is 248 g/mol. The van der Waals surface area contributed by atoms with Crippen LogP contribution in [0.3, 0.4) is 0 Å². The van der Waals surface area contributed by atoms with Crippen molar-refractivity contribution in [2.45, 2.75) is 30.9 Å². The Bertz CT molecular complexity index is 418. The van der Waals surface area contributed by atoms with Crippen molar-refractivity contribution in [1.29, 1.82) is 0 Å². The molecule has 2 N–H and O–H groups in total. The van der Waals surface area contributed by atoms with Gasteiger partial charge in [0.1, 0.15) is 0 Å². The molecule has 0 saturated carbocycles. The number of carbonyl (C=O) groups is 2. The Morgan fingerprint density at radius 2 is 1.89 bits per heavy atom. The molecule has 0 spiro atoms. The Morgan fingerprint density at radius 1 is 1.28 bits per heavy atom. The maximum Gasteiger partial charge on any atom is 0.321 e. The number of imide groups is 1. The summed E-state index contributed by atoms with van der Waals surface area (Å²) < 4.78 is 0. The lowest BCUT2D eigenvalue weighted by atomic mass is 10.2. The van der Waals surface area contributed by atoms with Crippen molar-refractivity contribution >= 4 is 23.7 Å². The average molecular weight is 266 g/mol. The molecule has 1 atom stereocenters. The highest BCUT2D eigenvalue weighted by Gasteiger charge is 2.16. The summed E-state index contributed by atoms with van der Waals surface area (Å²) in [5.74, 6) is -0.286. The van der Waals surface area contributed by atoms with Crippen LogP contribution >= 0.6 is 11.8 Å². The second-order valence-corrected chi connectivity index (χ2v) is 5.34. The third kappa shape index (κ3) is 4.79. The molecule has 0 aromatic heterocycles. The fourth-order valence-electron chi connectivity index (χ4n) is 1.29. The zero-order chi connectivity index (χ0) is 13.5. The van der Waals surface area contributed by atoms with Gasteiger partial charge in [-0.05, 0) is 32.9 Å². The van der Waals surface area contributed by atoms with Gasteiger partial charge >= 0.3 is 6.03 Å². The number of hydrogen-bond donors (Lipinski definition) is 2. The highest BCUT2D eigenvalue weighted by atomic mass is 32.2. The quantitative estimate of drug-likeness (QED) is 0.822.